The summed E-state index contributed by atoms with van der Waals surface area (Å²) in [4.78, 5) is 0.985. The SMILES string of the molecule is COCc1ccc(NCC(O)c2cccs2)cc1. The van der Waals surface area contributed by atoms with Gasteiger partial charge in [0.1, 0.15) is 6.10 Å². The first-order valence-electron chi connectivity index (χ1n) is 5.83. The summed E-state index contributed by atoms with van der Waals surface area (Å²) >= 11 is 1.57. The van der Waals surface area contributed by atoms with E-state index < -0.39 is 6.10 Å². The van der Waals surface area contributed by atoms with Gasteiger partial charge in [0.05, 0.1) is 6.61 Å². The molecule has 18 heavy (non-hydrogen) atoms. The molecule has 0 aliphatic rings. The van der Waals surface area contributed by atoms with Crippen molar-refractivity contribution >= 4 is 17.0 Å². The zero-order valence-corrected chi connectivity index (χ0v) is 11.1. The lowest BCUT2D eigenvalue weighted by molar-refractivity contribution is 0.185. The molecule has 0 aliphatic carbocycles. The molecule has 4 heteroatoms. The van der Waals surface area contributed by atoms with Crippen molar-refractivity contribution in [2.45, 2.75) is 12.7 Å². The predicted octanol–water partition coefficient (Wildman–Crippen LogP) is 3.04. The quantitative estimate of drug-likeness (QED) is 0.841. The van der Waals surface area contributed by atoms with E-state index in [0.717, 1.165) is 16.1 Å². The molecule has 3 nitrogen and oxygen atoms in total. The lowest BCUT2D eigenvalue weighted by Crippen LogP contribution is -2.10. The van der Waals surface area contributed by atoms with Crippen molar-refractivity contribution in [2.75, 3.05) is 19.0 Å². The molecule has 2 aromatic rings. The van der Waals surface area contributed by atoms with Gasteiger partial charge in [-0.05, 0) is 29.1 Å². The van der Waals surface area contributed by atoms with Crippen LogP contribution in [0.2, 0.25) is 0 Å². The molecule has 1 aromatic carbocycles. The molecule has 0 amide bonds. The molecule has 0 spiro atoms. The summed E-state index contributed by atoms with van der Waals surface area (Å²) in [6.45, 7) is 1.14. The summed E-state index contributed by atoms with van der Waals surface area (Å²) in [5.41, 5.74) is 2.15. The largest absolute Gasteiger partial charge is 0.386 e. The van der Waals surface area contributed by atoms with Gasteiger partial charge >= 0.3 is 0 Å². The maximum Gasteiger partial charge on any atom is 0.105 e. The second-order valence-corrected chi connectivity index (χ2v) is 5.02. The Balaban J connectivity index is 1.86. The van der Waals surface area contributed by atoms with Crippen LogP contribution in [0.4, 0.5) is 5.69 Å². The molecule has 2 rings (SSSR count). The fourth-order valence-electron chi connectivity index (χ4n) is 1.68. The highest BCUT2D eigenvalue weighted by atomic mass is 32.1. The van der Waals surface area contributed by atoms with E-state index in [1.807, 2.05) is 41.8 Å². The Morgan fingerprint density at radius 3 is 2.67 bits per heavy atom. The maximum atomic E-state index is 9.94. The van der Waals surface area contributed by atoms with Crippen molar-refractivity contribution in [3.05, 3.63) is 52.2 Å². The van der Waals surface area contributed by atoms with Crippen molar-refractivity contribution in [1.29, 1.82) is 0 Å². The minimum atomic E-state index is -0.455. The molecule has 2 N–H and O–H groups in total. The first kappa shape index (κ1) is 13.1. The molecule has 0 saturated heterocycles. The summed E-state index contributed by atoms with van der Waals surface area (Å²) in [5.74, 6) is 0. The van der Waals surface area contributed by atoms with Gasteiger partial charge in [0.15, 0.2) is 0 Å². The molecule has 0 bridgehead atoms. The average Bonchev–Trinajstić information content (AvgIpc) is 2.92. The van der Waals surface area contributed by atoms with Crippen LogP contribution < -0.4 is 5.32 Å². The summed E-state index contributed by atoms with van der Waals surface area (Å²) in [7, 11) is 1.68. The predicted molar refractivity (Wildman–Crippen MR) is 74.9 cm³/mol. The third-order valence-electron chi connectivity index (χ3n) is 2.64. The second-order valence-electron chi connectivity index (χ2n) is 4.04. The van der Waals surface area contributed by atoms with Crippen LogP contribution in [-0.2, 0) is 11.3 Å². The van der Waals surface area contributed by atoms with Crippen LogP contribution in [0.3, 0.4) is 0 Å². The molecule has 1 aromatic heterocycles. The Kier molecular flexibility index (Phi) is 4.75. The molecular weight excluding hydrogens is 246 g/mol. The van der Waals surface area contributed by atoms with Gasteiger partial charge in [-0.15, -0.1) is 11.3 Å². The van der Waals surface area contributed by atoms with E-state index in [-0.39, 0.29) is 0 Å². The van der Waals surface area contributed by atoms with Crippen molar-refractivity contribution in [2.24, 2.45) is 0 Å². The fourth-order valence-corrected chi connectivity index (χ4v) is 2.39. The van der Waals surface area contributed by atoms with E-state index in [9.17, 15) is 5.11 Å². The van der Waals surface area contributed by atoms with Crippen molar-refractivity contribution in [3.63, 3.8) is 0 Å². The van der Waals surface area contributed by atoms with Gasteiger partial charge in [-0.25, -0.2) is 0 Å². The molecule has 1 heterocycles. The van der Waals surface area contributed by atoms with E-state index in [1.54, 1.807) is 18.4 Å². The number of rotatable bonds is 6. The fraction of sp³-hybridized carbons (Fsp3) is 0.286. The van der Waals surface area contributed by atoms with E-state index in [1.165, 1.54) is 0 Å². The normalized spacial score (nSPS) is 12.3. The summed E-state index contributed by atoms with van der Waals surface area (Å²) in [6, 6.07) is 11.9. The van der Waals surface area contributed by atoms with E-state index in [4.69, 9.17) is 4.74 Å². The van der Waals surface area contributed by atoms with Crippen LogP contribution in [0.5, 0.6) is 0 Å². The highest BCUT2D eigenvalue weighted by Gasteiger charge is 2.07. The van der Waals surface area contributed by atoms with Crippen molar-refractivity contribution < 1.29 is 9.84 Å². The monoisotopic (exact) mass is 263 g/mol. The van der Waals surface area contributed by atoms with Crippen LogP contribution in [-0.4, -0.2) is 18.8 Å². The van der Waals surface area contributed by atoms with E-state index in [0.29, 0.717) is 13.2 Å². The minimum Gasteiger partial charge on any atom is -0.386 e. The third kappa shape index (κ3) is 3.57. The first-order chi connectivity index (χ1) is 8.79. The molecule has 1 unspecified atom stereocenters. The van der Waals surface area contributed by atoms with Gasteiger partial charge in [0.2, 0.25) is 0 Å². The molecule has 0 saturated carbocycles. The number of aliphatic hydroxyl groups excluding tert-OH is 1. The van der Waals surface area contributed by atoms with Crippen LogP contribution >= 0.6 is 11.3 Å². The number of benzene rings is 1. The Hall–Kier alpha value is -1.36. The second kappa shape index (κ2) is 6.54. The van der Waals surface area contributed by atoms with Gasteiger partial charge in [-0.2, -0.15) is 0 Å². The summed E-state index contributed by atoms with van der Waals surface area (Å²) in [6.07, 6.45) is -0.455. The number of hydrogen-bond donors (Lipinski definition) is 2. The zero-order valence-electron chi connectivity index (χ0n) is 10.3. The zero-order chi connectivity index (χ0) is 12.8. The van der Waals surface area contributed by atoms with Crippen molar-refractivity contribution in [3.8, 4) is 0 Å². The van der Waals surface area contributed by atoms with E-state index >= 15 is 0 Å². The number of nitrogens with one attached hydrogen (secondary N) is 1. The van der Waals surface area contributed by atoms with Crippen LogP contribution in [0, 0.1) is 0 Å². The van der Waals surface area contributed by atoms with E-state index in [2.05, 4.69) is 5.32 Å². The Labute approximate surface area is 111 Å². The summed E-state index contributed by atoms with van der Waals surface area (Å²) in [5, 5.41) is 15.1. The topological polar surface area (TPSA) is 41.5 Å². The van der Waals surface area contributed by atoms with Crippen molar-refractivity contribution in [1.82, 2.24) is 0 Å². The highest BCUT2D eigenvalue weighted by Crippen LogP contribution is 2.19. The molecule has 0 fully saturated rings. The van der Waals surface area contributed by atoms with Gasteiger partial charge in [-0.3, -0.25) is 0 Å². The first-order valence-corrected chi connectivity index (χ1v) is 6.71. The Morgan fingerprint density at radius 1 is 1.28 bits per heavy atom. The maximum absolute atomic E-state index is 9.94. The lowest BCUT2D eigenvalue weighted by Gasteiger charge is -2.11. The highest BCUT2D eigenvalue weighted by molar-refractivity contribution is 7.10. The Morgan fingerprint density at radius 2 is 2.06 bits per heavy atom. The smallest absolute Gasteiger partial charge is 0.105 e. The number of ether oxygens (including phenoxy) is 1. The number of hydrogen-bond acceptors (Lipinski definition) is 4. The number of methoxy groups -OCH3 is 1. The molecule has 96 valence electrons. The third-order valence-corrected chi connectivity index (χ3v) is 3.61. The Bertz CT molecular complexity index is 453. The minimum absolute atomic E-state index is 0.455. The van der Waals surface area contributed by atoms with Crippen LogP contribution in [0.25, 0.3) is 0 Å². The van der Waals surface area contributed by atoms with Gasteiger partial charge in [-0.1, -0.05) is 18.2 Å². The lowest BCUT2D eigenvalue weighted by atomic mass is 10.2. The van der Waals surface area contributed by atoms with Gasteiger partial charge < -0.3 is 15.2 Å². The standard InChI is InChI=1S/C14H17NO2S/c1-17-10-11-4-6-12(7-5-11)15-9-13(16)14-3-2-8-18-14/h2-8,13,15-16H,9-10H2,1H3. The molecule has 1 atom stereocenters. The van der Waals surface area contributed by atoms with Crippen LogP contribution in [0.15, 0.2) is 41.8 Å². The molecule has 0 radical (unpaired) electrons. The molecule has 0 aliphatic heterocycles. The van der Waals surface area contributed by atoms with Crippen LogP contribution in [0.1, 0.15) is 16.5 Å². The summed E-state index contributed by atoms with van der Waals surface area (Å²) < 4.78 is 5.06. The van der Waals surface area contributed by atoms with Gasteiger partial charge in [0, 0.05) is 24.2 Å². The van der Waals surface area contributed by atoms with Gasteiger partial charge in [0.25, 0.3) is 0 Å². The molecular formula is C14H17NO2S. The number of aliphatic hydroxyl groups is 1. The number of thiophene rings is 1. The average molecular weight is 263 g/mol. The number of anilines is 1.